The maximum absolute atomic E-state index is 6.16. The first-order chi connectivity index (χ1) is 12.7. The van der Waals surface area contributed by atoms with Crippen LogP contribution in [0.4, 0.5) is 0 Å². The molecular weight excluding hydrogens is 373 g/mol. The van der Waals surface area contributed by atoms with Crippen molar-refractivity contribution in [1.82, 2.24) is 4.90 Å². The molecule has 2 aromatic carbocycles. The molecule has 146 valence electrons. The van der Waals surface area contributed by atoms with E-state index in [0.717, 1.165) is 29.1 Å². The Morgan fingerprint density at radius 1 is 0.926 bits per heavy atom. The highest BCUT2D eigenvalue weighted by Crippen LogP contribution is 2.37. The van der Waals surface area contributed by atoms with E-state index in [1.165, 1.54) is 24.0 Å². The first-order valence-corrected chi connectivity index (χ1v) is 10.7. The van der Waals surface area contributed by atoms with Crippen LogP contribution in [0.3, 0.4) is 0 Å². The van der Waals surface area contributed by atoms with Crippen LogP contribution >= 0.6 is 23.2 Å². The molecule has 3 heteroatoms. The van der Waals surface area contributed by atoms with Crippen LogP contribution in [-0.2, 0) is 6.42 Å². The Labute approximate surface area is 174 Å². The fraction of sp³-hybridized carbons (Fsp3) is 0.500. The van der Waals surface area contributed by atoms with Crippen molar-refractivity contribution in [3.05, 3.63) is 69.7 Å². The molecule has 0 amide bonds. The Kier molecular flexibility index (Phi) is 6.56. The first kappa shape index (κ1) is 20.7. The number of hydrogen-bond donors (Lipinski definition) is 0. The number of halogens is 2. The quantitative estimate of drug-likeness (QED) is 0.471. The molecule has 1 aliphatic rings. The van der Waals surface area contributed by atoms with E-state index in [1.54, 1.807) is 0 Å². The predicted octanol–water partition coefficient (Wildman–Crippen LogP) is 7.22. The van der Waals surface area contributed by atoms with Gasteiger partial charge in [0, 0.05) is 34.6 Å². The standard InChI is InChI=1S/C24H31Cl2N/c1-17(27(22-13-14-22)16-24(2,3)4)23(19-7-11-21(26)12-8-19)15-18-5-9-20(25)10-6-18/h5-12,17,22-23H,13-16H2,1-4H3. The van der Waals surface area contributed by atoms with Crippen LogP contribution in [-0.4, -0.2) is 23.5 Å². The summed E-state index contributed by atoms with van der Waals surface area (Å²) >= 11 is 12.3. The fourth-order valence-electron chi connectivity index (χ4n) is 3.94. The molecular formula is C24H31Cl2N. The number of benzene rings is 2. The van der Waals surface area contributed by atoms with Crippen molar-refractivity contribution in [3.63, 3.8) is 0 Å². The largest absolute Gasteiger partial charge is 0.297 e. The summed E-state index contributed by atoms with van der Waals surface area (Å²) in [6, 6.07) is 17.9. The van der Waals surface area contributed by atoms with Crippen LogP contribution in [0, 0.1) is 5.41 Å². The van der Waals surface area contributed by atoms with Crippen LogP contribution in [0.5, 0.6) is 0 Å². The average molecular weight is 404 g/mol. The fourth-order valence-corrected chi connectivity index (χ4v) is 4.19. The van der Waals surface area contributed by atoms with E-state index in [-0.39, 0.29) is 0 Å². The molecule has 0 saturated heterocycles. The predicted molar refractivity (Wildman–Crippen MR) is 118 cm³/mol. The minimum absolute atomic E-state index is 0.293. The lowest BCUT2D eigenvalue weighted by Crippen LogP contribution is -2.44. The molecule has 2 unspecified atom stereocenters. The van der Waals surface area contributed by atoms with Crippen molar-refractivity contribution >= 4 is 23.2 Å². The van der Waals surface area contributed by atoms with E-state index in [0.29, 0.717) is 17.4 Å². The molecule has 3 rings (SSSR count). The van der Waals surface area contributed by atoms with Gasteiger partial charge in [-0.2, -0.15) is 0 Å². The smallest absolute Gasteiger partial charge is 0.0406 e. The number of rotatable bonds is 7. The van der Waals surface area contributed by atoms with Gasteiger partial charge in [0.05, 0.1) is 0 Å². The molecule has 0 heterocycles. The van der Waals surface area contributed by atoms with Gasteiger partial charge in [-0.1, -0.05) is 68.2 Å². The molecule has 1 fully saturated rings. The van der Waals surface area contributed by atoms with Crippen molar-refractivity contribution in [1.29, 1.82) is 0 Å². The van der Waals surface area contributed by atoms with E-state index >= 15 is 0 Å². The van der Waals surface area contributed by atoms with E-state index in [4.69, 9.17) is 23.2 Å². The van der Waals surface area contributed by atoms with Gasteiger partial charge in [0.2, 0.25) is 0 Å². The highest BCUT2D eigenvalue weighted by atomic mass is 35.5. The second-order valence-corrected chi connectivity index (χ2v) is 10.1. The molecule has 0 aliphatic heterocycles. The summed E-state index contributed by atoms with van der Waals surface area (Å²) in [4.78, 5) is 2.75. The van der Waals surface area contributed by atoms with Gasteiger partial charge in [0.1, 0.15) is 0 Å². The lowest BCUT2D eigenvalue weighted by Gasteiger charge is -2.39. The molecule has 1 saturated carbocycles. The molecule has 0 radical (unpaired) electrons. The lowest BCUT2D eigenvalue weighted by molar-refractivity contribution is 0.120. The topological polar surface area (TPSA) is 3.24 Å². The van der Waals surface area contributed by atoms with Crippen LogP contribution in [0.15, 0.2) is 48.5 Å². The second-order valence-electron chi connectivity index (χ2n) is 9.19. The van der Waals surface area contributed by atoms with E-state index in [2.05, 4.69) is 56.9 Å². The molecule has 1 aliphatic carbocycles. The molecule has 0 spiro atoms. The van der Waals surface area contributed by atoms with Gasteiger partial charge >= 0.3 is 0 Å². The van der Waals surface area contributed by atoms with Gasteiger partial charge in [-0.15, -0.1) is 0 Å². The van der Waals surface area contributed by atoms with Gasteiger partial charge in [-0.25, -0.2) is 0 Å². The van der Waals surface area contributed by atoms with Crippen molar-refractivity contribution < 1.29 is 0 Å². The van der Waals surface area contributed by atoms with Crippen LogP contribution in [0.2, 0.25) is 10.0 Å². The Morgan fingerprint density at radius 2 is 1.44 bits per heavy atom. The highest BCUT2D eigenvalue weighted by Gasteiger charge is 2.37. The van der Waals surface area contributed by atoms with Crippen LogP contribution in [0.1, 0.15) is 57.6 Å². The summed E-state index contributed by atoms with van der Waals surface area (Å²) < 4.78 is 0. The minimum atomic E-state index is 0.293. The minimum Gasteiger partial charge on any atom is -0.297 e. The van der Waals surface area contributed by atoms with Crippen molar-refractivity contribution in [2.24, 2.45) is 5.41 Å². The summed E-state index contributed by atoms with van der Waals surface area (Å²) in [5, 5.41) is 1.59. The van der Waals surface area contributed by atoms with Crippen molar-refractivity contribution in [2.45, 2.75) is 65.0 Å². The normalized spacial score (nSPS) is 17.1. The molecule has 0 N–H and O–H groups in total. The Hall–Kier alpha value is -1.02. The summed E-state index contributed by atoms with van der Waals surface area (Å²) in [7, 11) is 0. The summed E-state index contributed by atoms with van der Waals surface area (Å²) in [6.07, 6.45) is 3.66. The highest BCUT2D eigenvalue weighted by molar-refractivity contribution is 6.30. The van der Waals surface area contributed by atoms with E-state index < -0.39 is 0 Å². The maximum Gasteiger partial charge on any atom is 0.0406 e. The van der Waals surface area contributed by atoms with E-state index in [1.807, 2.05) is 24.3 Å². The van der Waals surface area contributed by atoms with Gasteiger partial charge in [-0.3, -0.25) is 4.90 Å². The summed E-state index contributed by atoms with van der Waals surface area (Å²) in [5.74, 6) is 0.423. The van der Waals surface area contributed by atoms with Crippen LogP contribution in [0.25, 0.3) is 0 Å². The Balaban J connectivity index is 1.89. The molecule has 0 bridgehead atoms. The lowest BCUT2D eigenvalue weighted by atomic mass is 9.84. The third-order valence-corrected chi connectivity index (χ3v) is 5.95. The Bertz CT molecular complexity index is 726. The zero-order valence-electron chi connectivity index (χ0n) is 16.9. The SMILES string of the molecule is CC(C(Cc1ccc(Cl)cc1)c1ccc(Cl)cc1)N(CC(C)(C)C)C1CC1. The Morgan fingerprint density at radius 3 is 1.93 bits per heavy atom. The van der Waals surface area contributed by atoms with Crippen molar-refractivity contribution in [2.75, 3.05) is 6.54 Å². The number of hydrogen-bond acceptors (Lipinski definition) is 1. The third-order valence-electron chi connectivity index (χ3n) is 5.45. The third kappa shape index (κ3) is 5.98. The summed E-state index contributed by atoms with van der Waals surface area (Å²) in [5.41, 5.74) is 2.99. The molecule has 2 atom stereocenters. The summed E-state index contributed by atoms with van der Waals surface area (Å²) in [6.45, 7) is 10.5. The molecule has 2 aromatic rings. The second kappa shape index (κ2) is 8.55. The van der Waals surface area contributed by atoms with Gasteiger partial charge in [0.15, 0.2) is 0 Å². The van der Waals surface area contributed by atoms with E-state index in [9.17, 15) is 0 Å². The van der Waals surface area contributed by atoms with Crippen LogP contribution < -0.4 is 0 Å². The number of nitrogens with zero attached hydrogens (tertiary/aromatic N) is 1. The van der Waals surface area contributed by atoms with Gasteiger partial charge in [-0.05, 0) is 67.0 Å². The van der Waals surface area contributed by atoms with Gasteiger partial charge < -0.3 is 0 Å². The molecule has 1 nitrogen and oxygen atoms in total. The zero-order valence-corrected chi connectivity index (χ0v) is 18.4. The molecule has 27 heavy (non-hydrogen) atoms. The monoisotopic (exact) mass is 403 g/mol. The van der Waals surface area contributed by atoms with Crippen molar-refractivity contribution in [3.8, 4) is 0 Å². The maximum atomic E-state index is 6.16. The first-order valence-electron chi connectivity index (χ1n) is 9.98. The zero-order chi connectivity index (χ0) is 19.6. The molecule has 0 aromatic heterocycles. The average Bonchev–Trinajstić information content (AvgIpc) is 3.44. The van der Waals surface area contributed by atoms with Gasteiger partial charge in [0.25, 0.3) is 0 Å².